The molecule has 6 heteroatoms. The lowest BCUT2D eigenvalue weighted by Crippen LogP contribution is -2.31. The summed E-state index contributed by atoms with van der Waals surface area (Å²) in [4.78, 5) is 0. The van der Waals surface area contributed by atoms with Crippen molar-refractivity contribution < 1.29 is 13.5 Å². The van der Waals surface area contributed by atoms with Crippen LogP contribution in [0.2, 0.25) is 0 Å². The summed E-state index contributed by atoms with van der Waals surface area (Å²) in [7, 11) is -3.27. The Morgan fingerprint density at radius 1 is 1.12 bits per heavy atom. The van der Waals surface area contributed by atoms with Crippen molar-refractivity contribution in [3.05, 3.63) is 65.2 Å². The van der Waals surface area contributed by atoms with Crippen molar-refractivity contribution >= 4 is 15.7 Å². The van der Waals surface area contributed by atoms with E-state index in [0.717, 1.165) is 17.4 Å². The zero-order valence-corrected chi connectivity index (χ0v) is 14.5. The Labute approximate surface area is 142 Å². The van der Waals surface area contributed by atoms with Gasteiger partial charge in [0.1, 0.15) is 0 Å². The number of rotatable bonds is 5. The zero-order valence-electron chi connectivity index (χ0n) is 13.7. The van der Waals surface area contributed by atoms with Gasteiger partial charge in [-0.3, -0.25) is 4.72 Å². The molecule has 1 aliphatic carbocycles. The van der Waals surface area contributed by atoms with Gasteiger partial charge in [-0.05, 0) is 35.7 Å². The largest absolute Gasteiger partial charge is 0.391 e. The van der Waals surface area contributed by atoms with Gasteiger partial charge in [-0.25, -0.2) is 8.42 Å². The molecule has 0 spiro atoms. The lowest BCUT2D eigenvalue weighted by molar-refractivity contribution is 0.136. The second-order valence-corrected chi connectivity index (χ2v) is 8.08. The third kappa shape index (κ3) is 3.77. The van der Waals surface area contributed by atoms with Gasteiger partial charge in [-0.1, -0.05) is 36.4 Å². The Morgan fingerprint density at radius 3 is 2.46 bits per heavy atom. The average Bonchev–Trinajstić information content (AvgIpc) is 2.82. The molecule has 0 fully saturated rings. The number of sulfonamides is 1. The molecular weight excluding hydrogens is 324 g/mol. The van der Waals surface area contributed by atoms with Gasteiger partial charge in [0, 0.05) is 18.2 Å². The Hall–Kier alpha value is -1.89. The number of aliphatic hydroxyl groups excluding tert-OH is 1. The van der Waals surface area contributed by atoms with Crippen molar-refractivity contribution in [3.63, 3.8) is 0 Å². The van der Waals surface area contributed by atoms with Crippen molar-refractivity contribution in [1.29, 1.82) is 0 Å². The molecule has 3 N–H and O–H groups in total. The van der Waals surface area contributed by atoms with Crippen LogP contribution in [0.5, 0.6) is 0 Å². The first-order valence-corrected chi connectivity index (χ1v) is 9.82. The summed E-state index contributed by atoms with van der Waals surface area (Å²) in [6.07, 6.45) is 1.36. The third-order valence-corrected chi connectivity index (χ3v) is 4.95. The highest BCUT2D eigenvalue weighted by atomic mass is 32.2. The Kier molecular flexibility index (Phi) is 4.62. The Balaban J connectivity index is 1.72. The summed E-state index contributed by atoms with van der Waals surface area (Å²) in [5, 5.41) is 13.8. The highest BCUT2D eigenvalue weighted by Gasteiger charge is 2.31. The van der Waals surface area contributed by atoms with Crippen molar-refractivity contribution in [3.8, 4) is 0 Å². The molecule has 3 unspecified atom stereocenters. The SMILES string of the molecule is CC(NC1c2ccccc2CC1O)c1ccc(NS(C)(=O)=O)cc1. The van der Waals surface area contributed by atoms with E-state index >= 15 is 0 Å². The molecule has 3 atom stereocenters. The molecule has 0 saturated heterocycles. The minimum atomic E-state index is -3.27. The fourth-order valence-corrected chi connectivity index (χ4v) is 3.76. The molecule has 24 heavy (non-hydrogen) atoms. The number of aliphatic hydroxyl groups is 1. The van der Waals surface area contributed by atoms with Crippen LogP contribution < -0.4 is 10.0 Å². The number of nitrogens with one attached hydrogen (secondary N) is 2. The first kappa shape index (κ1) is 17.0. The molecule has 2 aromatic rings. The van der Waals surface area contributed by atoms with E-state index < -0.39 is 16.1 Å². The van der Waals surface area contributed by atoms with E-state index in [1.165, 1.54) is 5.56 Å². The zero-order chi connectivity index (χ0) is 17.3. The van der Waals surface area contributed by atoms with Crippen molar-refractivity contribution in [2.45, 2.75) is 31.5 Å². The molecular formula is C18H22N2O3S. The molecule has 0 radical (unpaired) electrons. The summed E-state index contributed by atoms with van der Waals surface area (Å²) < 4.78 is 25.0. The molecule has 0 amide bonds. The second-order valence-electron chi connectivity index (χ2n) is 6.33. The first-order chi connectivity index (χ1) is 11.3. The molecule has 0 aliphatic heterocycles. The highest BCUT2D eigenvalue weighted by molar-refractivity contribution is 7.92. The van der Waals surface area contributed by atoms with Crippen molar-refractivity contribution in [2.24, 2.45) is 0 Å². The van der Waals surface area contributed by atoms with Crippen LogP contribution in [-0.2, 0) is 16.4 Å². The van der Waals surface area contributed by atoms with E-state index in [-0.39, 0.29) is 12.1 Å². The summed E-state index contributed by atoms with van der Waals surface area (Å²) in [6.45, 7) is 2.03. The highest BCUT2D eigenvalue weighted by Crippen LogP contribution is 2.33. The van der Waals surface area contributed by atoms with E-state index in [4.69, 9.17) is 0 Å². The second kappa shape index (κ2) is 6.55. The molecule has 2 aromatic carbocycles. The van der Waals surface area contributed by atoms with E-state index in [0.29, 0.717) is 12.1 Å². The summed E-state index contributed by atoms with van der Waals surface area (Å²) in [6, 6.07) is 15.3. The van der Waals surface area contributed by atoms with Crippen LogP contribution in [0.15, 0.2) is 48.5 Å². The molecule has 0 saturated carbocycles. The summed E-state index contributed by atoms with van der Waals surface area (Å²) in [5.74, 6) is 0. The monoisotopic (exact) mass is 346 g/mol. The lowest BCUT2D eigenvalue weighted by Gasteiger charge is -2.23. The van der Waals surface area contributed by atoms with Gasteiger partial charge < -0.3 is 10.4 Å². The van der Waals surface area contributed by atoms with E-state index in [2.05, 4.69) is 22.2 Å². The molecule has 3 rings (SSSR count). The minimum absolute atomic E-state index is 0.0306. The third-order valence-electron chi connectivity index (χ3n) is 4.35. The number of hydrogen-bond donors (Lipinski definition) is 3. The van der Waals surface area contributed by atoms with E-state index in [1.807, 2.05) is 31.2 Å². The van der Waals surface area contributed by atoms with Crippen LogP contribution >= 0.6 is 0 Å². The fraction of sp³-hybridized carbons (Fsp3) is 0.333. The number of benzene rings is 2. The van der Waals surface area contributed by atoms with Crippen LogP contribution in [0.3, 0.4) is 0 Å². The van der Waals surface area contributed by atoms with Crippen molar-refractivity contribution in [2.75, 3.05) is 11.0 Å². The quantitative estimate of drug-likeness (QED) is 0.777. The number of fused-ring (bicyclic) bond motifs is 1. The average molecular weight is 346 g/mol. The minimum Gasteiger partial charge on any atom is -0.391 e. The maximum atomic E-state index is 11.3. The molecule has 128 valence electrons. The number of hydrogen-bond acceptors (Lipinski definition) is 4. The van der Waals surface area contributed by atoms with Gasteiger partial charge in [-0.15, -0.1) is 0 Å². The standard InChI is InChI=1S/C18H22N2O3S/c1-12(13-7-9-15(10-8-13)20-24(2,22)23)19-18-16-6-4-3-5-14(16)11-17(18)21/h3-10,12,17-21H,11H2,1-2H3. The molecule has 5 nitrogen and oxygen atoms in total. The van der Waals surface area contributed by atoms with Crippen LogP contribution in [0, 0.1) is 0 Å². The van der Waals surface area contributed by atoms with E-state index in [1.54, 1.807) is 12.1 Å². The summed E-state index contributed by atoms with van der Waals surface area (Å²) in [5.41, 5.74) is 3.90. The van der Waals surface area contributed by atoms with E-state index in [9.17, 15) is 13.5 Å². The van der Waals surface area contributed by atoms with Gasteiger partial charge in [0.25, 0.3) is 0 Å². The summed E-state index contributed by atoms with van der Waals surface area (Å²) >= 11 is 0. The number of anilines is 1. The first-order valence-electron chi connectivity index (χ1n) is 7.93. The molecule has 1 aliphatic rings. The van der Waals surface area contributed by atoms with Gasteiger partial charge in [-0.2, -0.15) is 0 Å². The van der Waals surface area contributed by atoms with Crippen LogP contribution in [0.1, 0.15) is 35.7 Å². The van der Waals surface area contributed by atoms with Crippen LogP contribution in [-0.4, -0.2) is 25.9 Å². The van der Waals surface area contributed by atoms with Gasteiger partial charge >= 0.3 is 0 Å². The molecule has 0 bridgehead atoms. The van der Waals surface area contributed by atoms with Gasteiger partial charge in [0.05, 0.1) is 18.4 Å². The molecule has 0 heterocycles. The Bertz CT molecular complexity index is 818. The van der Waals surface area contributed by atoms with Gasteiger partial charge in [0.2, 0.25) is 10.0 Å². The Morgan fingerprint density at radius 2 is 1.79 bits per heavy atom. The maximum absolute atomic E-state index is 11.3. The maximum Gasteiger partial charge on any atom is 0.229 e. The lowest BCUT2D eigenvalue weighted by atomic mass is 10.0. The molecule has 0 aromatic heterocycles. The topological polar surface area (TPSA) is 78.4 Å². The van der Waals surface area contributed by atoms with Crippen LogP contribution in [0.25, 0.3) is 0 Å². The predicted molar refractivity (Wildman–Crippen MR) is 95.4 cm³/mol. The van der Waals surface area contributed by atoms with Crippen molar-refractivity contribution in [1.82, 2.24) is 5.32 Å². The smallest absolute Gasteiger partial charge is 0.229 e. The van der Waals surface area contributed by atoms with Crippen LogP contribution in [0.4, 0.5) is 5.69 Å². The predicted octanol–water partition coefficient (Wildman–Crippen LogP) is 2.37. The van der Waals surface area contributed by atoms with Gasteiger partial charge in [0.15, 0.2) is 0 Å². The normalized spacial score (nSPS) is 21.3. The fourth-order valence-electron chi connectivity index (χ4n) is 3.19.